The number of hydrogen-bond donors (Lipinski definition) is 1. The summed E-state index contributed by atoms with van der Waals surface area (Å²) in [6.07, 6.45) is 3.86. The first-order valence-corrected chi connectivity index (χ1v) is 9.26. The normalized spacial score (nSPS) is 17.4. The minimum atomic E-state index is -0.0545. The van der Waals surface area contributed by atoms with Gasteiger partial charge < -0.3 is 9.88 Å². The Morgan fingerprint density at radius 2 is 2.04 bits per heavy atom. The monoisotopic (exact) mass is 365 g/mol. The minimum absolute atomic E-state index is 0.0210. The van der Waals surface area contributed by atoms with Crippen LogP contribution in [0.15, 0.2) is 24.4 Å². The molecule has 1 saturated heterocycles. The number of aromatic amines is 1. The summed E-state index contributed by atoms with van der Waals surface area (Å²) in [5.41, 5.74) is 3.44. The third-order valence-corrected chi connectivity index (χ3v) is 5.42. The van der Waals surface area contributed by atoms with Crippen molar-refractivity contribution in [2.45, 2.75) is 39.5 Å². The first-order valence-electron chi connectivity index (χ1n) is 9.26. The molecule has 1 aliphatic rings. The van der Waals surface area contributed by atoms with E-state index in [1.165, 1.54) is 6.92 Å². The third kappa shape index (κ3) is 2.93. The van der Waals surface area contributed by atoms with Crippen molar-refractivity contribution in [3.8, 4) is 0 Å². The van der Waals surface area contributed by atoms with Crippen molar-refractivity contribution in [1.82, 2.24) is 24.5 Å². The average Bonchev–Trinajstić information content (AvgIpc) is 3.22. The minimum Gasteiger partial charge on any atom is -0.355 e. The third-order valence-electron chi connectivity index (χ3n) is 5.42. The Hall–Kier alpha value is -2.96. The maximum absolute atomic E-state index is 13.2. The Morgan fingerprint density at radius 1 is 1.22 bits per heavy atom. The number of carbonyl (C=O) groups is 2. The van der Waals surface area contributed by atoms with Crippen molar-refractivity contribution in [2.24, 2.45) is 0 Å². The summed E-state index contributed by atoms with van der Waals surface area (Å²) in [6.45, 7) is 6.51. The SMILES string of the molecule is CC(=O)c1[nH]c(C)c(C(=O)N2CCC[C@@H](c3nnc4ccccn34)C2)c1C. The van der Waals surface area contributed by atoms with E-state index in [4.69, 9.17) is 0 Å². The van der Waals surface area contributed by atoms with E-state index in [9.17, 15) is 9.59 Å². The summed E-state index contributed by atoms with van der Waals surface area (Å²) < 4.78 is 2.00. The summed E-state index contributed by atoms with van der Waals surface area (Å²) in [7, 11) is 0. The molecule has 0 spiro atoms. The van der Waals surface area contributed by atoms with Crippen LogP contribution in [0, 0.1) is 13.8 Å². The molecule has 3 aromatic heterocycles. The molecule has 4 heterocycles. The molecule has 0 unspecified atom stereocenters. The topological polar surface area (TPSA) is 83.4 Å². The molecule has 1 amide bonds. The lowest BCUT2D eigenvalue weighted by atomic mass is 9.96. The molecule has 4 rings (SSSR count). The maximum Gasteiger partial charge on any atom is 0.255 e. The Balaban J connectivity index is 1.62. The van der Waals surface area contributed by atoms with Crippen LogP contribution in [0.1, 0.15) is 63.6 Å². The lowest BCUT2D eigenvalue weighted by Gasteiger charge is -2.32. The number of nitrogens with one attached hydrogen (secondary N) is 1. The zero-order chi connectivity index (χ0) is 19.1. The molecule has 1 N–H and O–H groups in total. The molecule has 140 valence electrons. The zero-order valence-electron chi connectivity index (χ0n) is 15.8. The van der Waals surface area contributed by atoms with Gasteiger partial charge in [-0.2, -0.15) is 0 Å². The number of pyridine rings is 1. The number of rotatable bonds is 3. The quantitative estimate of drug-likeness (QED) is 0.724. The standard InChI is InChI=1S/C20H23N5O2/c1-12-17(13(2)21-18(12)14(3)26)20(27)24-9-6-7-15(11-24)19-23-22-16-8-4-5-10-25(16)19/h4-5,8,10,15,21H,6-7,9,11H2,1-3H3/t15-/m1/s1. The van der Waals surface area contributed by atoms with Gasteiger partial charge in [0, 0.05) is 37.8 Å². The number of aromatic nitrogens is 4. The van der Waals surface area contributed by atoms with Gasteiger partial charge in [-0.05, 0) is 44.4 Å². The van der Waals surface area contributed by atoms with Crippen molar-refractivity contribution in [1.29, 1.82) is 0 Å². The Labute approximate surface area is 157 Å². The van der Waals surface area contributed by atoms with E-state index in [0.717, 1.165) is 35.6 Å². The van der Waals surface area contributed by atoms with Crippen molar-refractivity contribution < 1.29 is 9.59 Å². The van der Waals surface area contributed by atoms with Crippen LogP contribution in [0.25, 0.3) is 5.65 Å². The fourth-order valence-corrected chi connectivity index (χ4v) is 4.09. The van der Waals surface area contributed by atoms with E-state index in [-0.39, 0.29) is 17.6 Å². The van der Waals surface area contributed by atoms with Crippen molar-refractivity contribution in [3.05, 3.63) is 52.7 Å². The van der Waals surface area contributed by atoms with Crippen molar-refractivity contribution >= 4 is 17.3 Å². The number of amides is 1. The molecule has 27 heavy (non-hydrogen) atoms. The van der Waals surface area contributed by atoms with Crippen LogP contribution in [0.4, 0.5) is 0 Å². The zero-order valence-corrected chi connectivity index (χ0v) is 15.8. The second-order valence-electron chi connectivity index (χ2n) is 7.26. The number of nitrogens with zero attached hydrogens (tertiary/aromatic N) is 4. The number of aryl methyl sites for hydroxylation is 1. The largest absolute Gasteiger partial charge is 0.355 e. The summed E-state index contributed by atoms with van der Waals surface area (Å²) in [4.78, 5) is 29.9. The molecule has 3 aromatic rings. The highest BCUT2D eigenvalue weighted by atomic mass is 16.2. The molecule has 7 heteroatoms. The van der Waals surface area contributed by atoms with E-state index in [1.807, 2.05) is 47.5 Å². The van der Waals surface area contributed by atoms with Crippen LogP contribution in [-0.2, 0) is 0 Å². The second-order valence-corrected chi connectivity index (χ2v) is 7.26. The summed E-state index contributed by atoms with van der Waals surface area (Å²) in [6, 6.07) is 5.83. The van der Waals surface area contributed by atoms with E-state index < -0.39 is 0 Å². The van der Waals surface area contributed by atoms with Gasteiger partial charge in [0.05, 0.1) is 11.3 Å². The van der Waals surface area contributed by atoms with Crippen LogP contribution in [0.3, 0.4) is 0 Å². The molecule has 0 aliphatic carbocycles. The van der Waals surface area contributed by atoms with Crippen LogP contribution in [0.5, 0.6) is 0 Å². The van der Waals surface area contributed by atoms with Crippen LogP contribution in [0.2, 0.25) is 0 Å². The Kier molecular flexibility index (Phi) is 4.30. The lowest BCUT2D eigenvalue weighted by molar-refractivity contribution is 0.0703. The number of likely N-dealkylation sites (tertiary alicyclic amines) is 1. The number of hydrogen-bond acceptors (Lipinski definition) is 4. The second kappa shape index (κ2) is 6.64. The predicted molar refractivity (Wildman–Crippen MR) is 101 cm³/mol. The van der Waals surface area contributed by atoms with Gasteiger partial charge in [0.1, 0.15) is 5.82 Å². The van der Waals surface area contributed by atoms with Gasteiger partial charge in [0.15, 0.2) is 11.4 Å². The Bertz CT molecular complexity index is 1030. The van der Waals surface area contributed by atoms with Gasteiger partial charge >= 0.3 is 0 Å². The molecule has 7 nitrogen and oxygen atoms in total. The molecule has 0 saturated carbocycles. The van der Waals surface area contributed by atoms with Crippen LogP contribution >= 0.6 is 0 Å². The van der Waals surface area contributed by atoms with Gasteiger partial charge in [-0.15, -0.1) is 10.2 Å². The summed E-state index contributed by atoms with van der Waals surface area (Å²) >= 11 is 0. The van der Waals surface area contributed by atoms with Gasteiger partial charge in [-0.3, -0.25) is 14.0 Å². The average molecular weight is 365 g/mol. The summed E-state index contributed by atoms with van der Waals surface area (Å²) in [5, 5.41) is 8.61. The molecule has 1 atom stereocenters. The number of H-pyrrole nitrogens is 1. The predicted octanol–water partition coefficient (Wildman–Crippen LogP) is 2.90. The highest BCUT2D eigenvalue weighted by molar-refractivity contribution is 6.02. The van der Waals surface area contributed by atoms with Gasteiger partial charge in [-0.1, -0.05) is 6.07 Å². The van der Waals surface area contributed by atoms with E-state index in [0.29, 0.717) is 24.3 Å². The van der Waals surface area contributed by atoms with Gasteiger partial charge in [-0.25, -0.2) is 0 Å². The van der Waals surface area contributed by atoms with Crippen molar-refractivity contribution in [3.63, 3.8) is 0 Å². The van der Waals surface area contributed by atoms with Crippen LogP contribution < -0.4 is 0 Å². The molecular weight excluding hydrogens is 342 g/mol. The van der Waals surface area contributed by atoms with E-state index in [1.54, 1.807) is 0 Å². The molecule has 0 bridgehead atoms. The molecule has 0 aromatic carbocycles. The molecule has 1 fully saturated rings. The fraction of sp³-hybridized carbons (Fsp3) is 0.400. The van der Waals surface area contributed by atoms with E-state index in [2.05, 4.69) is 15.2 Å². The Morgan fingerprint density at radius 3 is 2.78 bits per heavy atom. The van der Waals surface area contributed by atoms with Gasteiger partial charge in [0.2, 0.25) is 0 Å². The lowest BCUT2D eigenvalue weighted by Crippen LogP contribution is -2.40. The first-order chi connectivity index (χ1) is 13.0. The van der Waals surface area contributed by atoms with E-state index >= 15 is 0 Å². The summed E-state index contributed by atoms with van der Waals surface area (Å²) in [5.74, 6) is 0.968. The number of ketones is 1. The maximum atomic E-state index is 13.2. The first kappa shape index (κ1) is 17.5. The smallest absolute Gasteiger partial charge is 0.255 e. The number of carbonyl (C=O) groups excluding carboxylic acids is 2. The van der Waals surface area contributed by atoms with Gasteiger partial charge in [0.25, 0.3) is 5.91 Å². The molecule has 1 aliphatic heterocycles. The fourth-order valence-electron chi connectivity index (χ4n) is 4.09. The van der Waals surface area contributed by atoms with Crippen LogP contribution in [-0.4, -0.2) is 49.3 Å². The highest BCUT2D eigenvalue weighted by Crippen LogP contribution is 2.28. The number of Topliss-reactive ketones (excluding diaryl/α,β-unsaturated/α-hetero) is 1. The highest BCUT2D eigenvalue weighted by Gasteiger charge is 2.31. The van der Waals surface area contributed by atoms with Crippen molar-refractivity contribution in [2.75, 3.05) is 13.1 Å². The number of piperidine rings is 1. The molecule has 0 radical (unpaired) electrons. The number of fused-ring (bicyclic) bond motifs is 1. The molecular formula is C20H23N5O2.